The molecule has 1 saturated carbocycles. The van der Waals surface area contributed by atoms with Crippen molar-refractivity contribution in [1.29, 1.82) is 0 Å². The second-order valence-electron chi connectivity index (χ2n) is 7.88. The van der Waals surface area contributed by atoms with E-state index in [4.69, 9.17) is 0 Å². The number of nitrogens with one attached hydrogen (secondary N) is 3. The van der Waals surface area contributed by atoms with Gasteiger partial charge >= 0.3 is 6.03 Å². The van der Waals surface area contributed by atoms with Crippen LogP contribution in [0.4, 0.5) is 10.5 Å². The maximum absolute atomic E-state index is 12.6. The van der Waals surface area contributed by atoms with Crippen LogP contribution in [-0.4, -0.2) is 48.3 Å². The van der Waals surface area contributed by atoms with Gasteiger partial charge < -0.3 is 16.0 Å². The van der Waals surface area contributed by atoms with Crippen molar-refractivity contribution in [3.8, 4) is 0 Å². The fourth-order valence-corrected chi connectivity index (χ4v) is 3.65. The number of anilines is 1. The minimum Gasteiger partial charge on any atom is -0.357 e. The van der Waals surface area contributed by atoms with E-state index in [0.29, 0.717) is 30.1 Å². The van der Waals surface area contributed by atoms with E-state index in [9.17, 15) is 19.2 Å². The Morgan fingerprint density at radius 1 is 1.03 bits per heavy atom. The van der Waals surface area contributed by atoms with Crippen molar-refractivity contribution >= 4 is 29.4 Å². The summed E-state index contributed by atoms with van der Waals surface area (Å²) in [4.78, 5) is 51.2. The van der Waals surface area contributed by atoms with Crippen molar-refractivity contribution in [2.24, 2.45) is 5.92 Å². The SMILES string of the molecule is CNC(=O)C(Cc1ccccc1)NC(=O)Nc1ccc2c(c1)C(=O)N(CC1CC1)C2=O. The van der Waals surface area contributed by atoms with Gasteiger partial charge in [-0.3, -0.25) is 19.3 Å². The molecular weight excluding hydrogens is 396 g/mol. The number of hydrogen-bond donors (Lipinski definition) is 3. The average Bonchev–Trinajstić information content (AvgIpc) is 3.57. The summed E-state index contributed by atoms with van der Waals surface area (Å²) in [6.45, 7) is 0.447. The van der Waals surface area contributed by atoms with Crippen molar-refractivity contribution < 1.29 is 19.2 Å². The molecule has 4 rings (SSSR count). The summed E-state index contributed by atoms with van der Waals surface area (Å²) < 4.78 is 0. The normalized spacial score (nSPS) is 16.0. The number of likely N-dealkylation sites (N-methyl/N-ethyl adjacent to an activating group) is 1. The summed E-state index contributed by atoms with van der Waals surface area (Å²) >= 11 is 0. The molecule has 1 aliphatic carbocycles. The van der Waals surface area contributed by atoms with Crippen LogP contribution in [0.5, 0.6) is 0 Å². The zero-order valence-corrected chi connectivity index (χ0v) is 17.2. The maximum atomic E-state index is 12.6. The zero-order chi connectivity index (χ0) is 22.0. The molecule has 2 aliphatic rings. The standard InChI is InChI=1S/C23H24N4O4/c1-24-20(28)19(11-14-5-3-2-4-6-14)26-23(31)25-16-9-10-17-18(12-16)22(30)27(21(17)29)13-15-7-8-15/h2-6,9-10,12,15,19H,7-8,11,13H2,1H3,(H,24,28)(H2,25,26,31). The number of fused-ring (bicyclic) bond motifs is 1. The molecule has 2 aromatic rings. The first-order valence-electron chi connectivity index (χ1n) is 10.3. The molecule has 8 heteroatoms. The number of hydrogen-bond acceptors (Lipinski definition) is 4. The van der Waals surface area contributed by atoms with Crippen LogP contribution in [0.1, 0.15) is 39.1 Å². The molecular formula is C23H24N4O4. The van der Waals surface area contributed by atoms with Crippen LogP contribution in [0.2, 0.25) is 0 Å². The van der Waals surface area contributed by atoms with E-state index in [1.54, 1.807) is 12.1 Å². The maximum Gasteiger partial charge on any atom is 0.319 e. The average molecular weight is 420 g/mol. The third-order valence-corrected chi connectivity index (χ3v) is 5.52. The molecule has 0 bridgehead atoms. The zero-order valence-electron chi connectivity index (χ0n) is 17.2. The molecule has 3 N–H and O–H groups in total. The van der Waals surface area contributed by atoms with Gasteiger partial charge in [-0.15, -0.1) is 0 Å². The summed E-state index contributed by atoms with van der Waals surface area (Å²) in [6, 6.07) is 12.7. The highest BCUT2D eigenvalue weighted by molar-refractivity contribution is 6.21. The van der Waals surface area contributed by atoms with Crippen LogP contribution < -0.4 is 16.0 Å². The lowest BCUT2D eigenvalue weighted by molar-refractivity contribution is -0.122. The number of imide groups is 1. The van der Waals surface area contributed by atoms with E-state index >= 15 is 0 Å². The molecule has 0 radical (unpaired) electrons. The van der Waals surface area contributed by atoms with Gasteiger partial charge in [-0.2, -0.15) is 0 Å². The highest BCUT2D eigenvalue weighted by Crippen LogP contribution is 2.33. The van der Waals surface area contributed by atoms with Crippen molar-refractivity contribution in [3.63, 3.8) is 0 Å². The molecule has 1 fully saturated rings. The van der Waals surface area contributed by atoms with Crippen molar-refractivity contribution in [2.75, 3.05) is 18.9 Å². The number of nitrogens with zero attached hydrogens (tertiary/aromatic N) is 1. The van der Waals surface area contributed by atoms with E-state index in [1.807, 2.05) is 30.3 Å². The number of urea groups is 1. The molecule has 31 heavy (non-hydrogen) atoms. The first kappa shape index (κ1) is 20.6. The number of amides is 5. The van der Waals surface area contributed by atoms with Gasteiger partial charge in [-0.1, -0.05) is 30.3 Å². The Labute approximate surface area is 180 Å². The summed E-state index contributed by atoms with van der Waals surface area (Å²) in [5.41, 5.74) is 1.93. The Kier molecular flexibility index (Phi) is 5.70. The van der Waals surface area contributed by atoms with Gasteiger partial charge in [0.2, 0.25) is 5.91 Å². The fourth-order valence-electron chi connectivity index (χ4n) is 3.65. The predicted octanol–water partition coefficient (Wildman–Crippen LogP) is 2.17. The molecule has 0 aromatic heterocycles. The molecule has 2 aromatic carbocycles. The molecule has 160 valence electrons. The first-order valence-corrected chi connectivity index (χ1v) is 10.3. The highest BCUT2D eigenvalue weighted by atomic mass is 16.2. The Morgan fingerprint density at radius 3 is 2.42 bits per heavy atom. The van der Waals surface area contributed by atoms with Crippen molar-refractivity contribution in [1.82, 2.24) is 15.5 Å². The fraction of sp³-hybridized carbons (Fsp3) is 0.304. The first-order chi connectivity index (χ1) is 15.0. The molecule has 8 nitrogen and oxygen atoms in total. The Morgan fingerprint density at radius 2 is 1.74 bits per heavy atom. The molecule has 1 heterocycles. The van der Waals surface area contributed by atoms with Gasteiger partial charge in [0.25, 0.3) is 11.8 Å². The van der Waals surface area contributed by atoms with Gasteiger partial charge in [0.1, 0.15) is 6.04 Å². The Balaban J connectivity index is 1.43. The Bertz CT molecular complexity index is 1030. The van der Waals surface area contributed by atoms with Crippen LogP contribution >= 0.6 is 0 Å². The number of carbonyl (C=O) groups is 4. The topological polar surface area (TPSA) is 108 Å². The molecule has 1 unspecified atom stereocenters. The van der Waals surface area contributed by atoms with Crippen LogP contribution in [0, 0.1) is 5.92 Å². The van der Waals surface area contributed by atoms with Crippen LogP contribution in [0.25, 0.3) is 0 Å². The third-order valence-electron chi connectivity index (χ3n) is 5.52. The van der Waals surface area contributed by atoms with Gasteiger partial charge in [0, 0.05) is 25.7 Å². The minimum atomic E-state index is -0.765. The lowest BCUT2D eigenvalue weighted by Gasteiger charge is -2.18. The number of rotatable bonds is 7. The summed E-state index contributed by atoms with van der Waals surface area (Å²) in [6.07, 6.45) is 2.41. The monoisotopic (exact) mass is 420 g/mol. The second kappa shape index (κ2) is 8.59. The van der Waals surface area contributed by atoms with Crippen molar-refractivity contribution in [3.05, 3.63) is 65.2 Å². The van der Waals surface area contributed by atoms with Gasteiger partial charge in [0.05, 0.1) is 11.1 Å². The van der Waals surface area contributed by atoms with E-state index in [-0.39, 0.29) is 23.3 Å². The molecule has 0 saturated heterocycles. The number of benzene rings is 2. The quantitative estimate of drug-likeness (QED) is 0.597. The van der Waals surface area contributed by atoms with E-state index < -0.39 is 12.1 Å². The minimum absolute atomic E-state index is 0.287. The van der Waals surface area contributed by atoms with Gasteiger partial charge in [-0.25, -0.2) is 4.79 Å². The Hall–Kier alpha value is -3.68. The smallest absolute Gasteiger partial charge is 0.319 e. The lowest BCUT2D eigenvalue weighted by Crippen LogP contribution is -2.48. The molecule has 5 amide bonds. The molecule has 1 atom stereocenters. The van der Waals surface area contributed by atoms with E-state index in [0.717, 1.165) is 18.4 Å². The predicted molar refractivity (Wildman–Crippen MR) is 115 cm³/mol. The third kappa shape index (κ3) is 4.58. The summed E-state index contributed by atoms with van der Waals surface area (Å²) in [7, 11) is 1.51. The summed E-state index contributed by atoms with van der Waals surface area (Å²) in [5, 5.41) is 7.88. The molecule has 0 spiro atoms. The van der Waals surface area contributed by atoms with E-state index in [2.05, 4.69) is 16.0 Å². The highest BCUT2D eigenvalue weighted by Gasteiger charge is 2.39. The van der Waals surface area contributed by atoms with Gasteiger partial charge in [-0.05, 0) is 42.5 Å². The van der Waals surface area contributed by atoms with Crippen LogP contribution in [-0.2, 0) is 11.2 Å². The number of carbonyl (C=O) groups excluding carboxylic acids is 4. The van der Waals surface area contributed by atoms with Crippen molar-refractivity contribution in [2.45, 2.75) is 25.3 Å². The van der Waals surface area contributed by atoms with Crippen LogP contribution in [0.15, 0.2) is 48.5 Å². The second-order valence-corrected chi connectivity index (χ2v) is 7.88. The van der Waals surface area contributed by atoms with Gasteiger partial charge in [0.15, 0.2) is 0 Å². The largest absolute Gasteiger partial charge is 0.357 e. The lowest BCUT2D eigenvalue weighted by atomic mass is 10.1. The molecule has 1 aliphatic heterocycles. The van der Waals surface area contributed by atoms with E-state index in [1.165, 1.54) is 18.0 Å². The van der Waals surface area contributed by atoms with Crippen LogP contribution in [0.3, 0.4) is 0 Å². The summed E-state index contributed by atoms with van der Waals surface area (Å²) in [5.74, 6) is -0.532.